The van der Waals surface area contributed by atoms with Crippen LogP contribution in [-0.2, 0) is 0 Å². The number of rotatable bonds is 3. The van der Waals surface area contributed by atoms with Gasteiger partial charge in [0.15, 0.2) is 0 Å². The third-order valence-corrected chi connectivity index (χ3v) is 4.72. The van der Waals surface area contributed by atoms with Crippen molar-refractivity contribution < 1.29 is 5.11 Å². The zero-order valence-corrected chi connectivity index (χ0v) is 12.7. The highest BCUT2D eigenvalue weighted by Gasteiger charge is 2.24. The van der Waals surface area contributed by atoms with E-state index in [4.69, 9.17) is 0 Å². The van der Waals surface area contributed by atoms with Gasteiger partial charge in [-0.1, -0.05) is 6.07 Å². The zero-order valence-electron chi connectivity index (χ0n) is 12.7. The molecule has 1 aliphatic rings. The first-order valence-electron chi connectivity index (χ1n) is 7.67. The SMILES string of the molecule is CNC1CCC(N(C)c2nccc3ccc(O)cc23)CC1. The molecule has 0 amide bonds. The number of pyridine rings is 1. The van der Waals surface area contributed by atoms with Crippen LogP contribution in [0.5, 0.6) is 5.75 Å². The molecule has 1 fully saturated rings. The van der Waals surface area contributed by atoms with Gasteiger partial charge in [-0.3, -0.25) is 0 Å². The summed E-state index contributed by atoms with van der Waals surface area (Å²) in [6, 6.07) is 8.65. The summed E-state index contributed by atoms with van der Waals surface area (Å²) in [7, 11) is 4.17. The molecule has 0 spiro atoms. The van der Waals surface area contributed by atoms with Crippen molar-refractivity contribution in [1.82, 2.24) is 10.3 Å². The van der Waals surface area contributed by atoms with Gasteiger partial charge < -0.3 is 15.3 Å². The van der Waals surface area contributed by atoms with Gasteiger partial charge in [-0.15, -0.1) is 0 Å². The second-order valence-electron chi connectivity index (χ2n) is 5.95. The van der Waals surface area contributed by atoms with Gasteiger partial charge >= 0.3 is 0 Å². The summed E-state index contributed by atoms with van der Waals surface area (Å²) in [6.45, 7) is 0. The van der Waals surface area contributed by atoms with Gasteiger partial charge in [0.1, 0.15) is 11.6 Å². The quantitative estimate of drug-likeness (QED) is 0.910. The smallest absolute Gasteiger partial charge is 0.136 e. The first-order chi connectivity index (χ1) is 10.2. The van der Waals surface area contributed by atoms with E-state index in [0.29, 0.717) is 17.8 Å². The van der Waals surface area contributed by atoms with Crippen LogP contribution in [0.3, 0.4) is 0 Å². The molecule has 4 heteroatoms. The maximum absolute atomic E-state index is 9.76. The lowest BCUT2D eigenvalue weighted by Crippen LogP contribution is -2.40. The van der Waals surface area contributed by atoms with Crippen molar-refractivity contribution in [3.63, 3.8) is 0 Å². The minimum atomic E-state index is 0.295. The Morgan fingerprint density at radius 2 is 1.95 bits per heavy atom. The number of hydrogen-bond acceptors (Lipinski definition) is 4. The molecular weight excluding hydrogens is 262 g/mol. The second kappa shape index (κ2) is 5.90. The van der Waals surface area contributed by atoms with Crippen LogP contribution in [0.15, 0.2) is 30.5 Å². The van der Waals surface area contributed by atoms with Crippen LogP contribution < -0.4 is 10.2 Å². The number of benzene rings is 1. The summed E-state index contributed by atoms with van der Waals surface area (Å²) >= 11 is 0. The molecule has 21 heavy (non-hydrogen) atoms. The van der Waals surface area contributed by atoms with Crippen LogP contribution >= 0.6 is 0 Å². The summed E-state index contributed by atoms with van der Waals surface area (Å²) in [5.41, 5.74) is 0. The Bertz CT molecular complexity index is 620. The molecule has 1 aliphatic carbocycles. The predicted molar refractivity (Wildman–Crippen MR) is 86.9 cm³/mol. The highest BCUT2D eigenvalue weighted by molar-refractivity contribution is 5.93. The molecule has 1 aromatic carbocycles. The first-order valence-corrected chi connectivity index (χ1v) is 7.67. The van der Waals surface area contributed by atoms with Gasteiger partial charge in [0.05, 0.1) is 0 Å². The van der Waals surface area contributed by atoms with Gasteiger partial charge in [0, 0.05) is 30.7 Å². The number of aromatic nitrogens is 1. The highest BCUT2D eigenvalue weighted by atomic mass is 16.3. The van der Waals surface area contributed by atoms with Crippen LogP contribution in [0.1, 0.15) is 25.7 Å². The maximum atomic E-state index is 9.76. The monoisotopic (exact) mass is 285 g/mol. The van der Waals surface area contributed by atoms with Gasteiger partial charge in [-0.25, -0.2) is 4.98 Å². The average Bonchev–Trinajstić information content (AvgIpc) is 2.53. The van der Waals surface area contributed by atoms with Crippen LogP contribution in [0, 0.1) is 0 Å². The van der Waals surface area contributed by atoms with Crippen molar-refractivity contribution in [3.05, 3.63) is 30.5 Å². The third-order valence-electron chi connectivity index (χ3n) is 4.72. The fraction of sp³-hybridized carbons (Fsp3) is 0.471. The molecule has 112 valence electrons. The predicted octanol–water partition coefficient (Wildman–Crippen LogP) is 2.91. The van der Waals surface area contributed by atoms with Gasteiger partial charge in [0.25, 0.3) is 0 Å². The Hall–Kier alpha value is -1.81. The van der Waals surface area contributed by atoms with E-state index < -0.39 is 0 Å². The molecule has 1 saturated carbocycles. The van der Waals surface area contributed by atoms with Crippen LogP contribution in [-0.4, -0.2) is 36.3 Å². The molecule has 0 saturated heterocycles. The summed E-state index contributed by atoms with van der Waals surface area (Å²) in [6.07, 6.45) is 6.63. The van der Waals surface area contributed by atoms with Crippen molar-refractivity contribution >= 4 is 16.6 Å². The standard InChI is InChI=1S/C17H23N3O/c1-18-13-4-6-14(7-5-13)20(2)17-16-11-15(21)8-3-12(16)9-10-19-17/h3,8-11,13-14,18,21H,4-7H2,1-2H3. The number of phenolic OH excluding ortho intramolecular Hbond substituents is 1. The molecule has 1 heterocycles. The molecule has 0 aliphatic heterocycles. The summed E-state index contributed by atoms with van der Waals surface area (Å²) < 4.78 is 0. The van der Waals surface area contributed by atoms with Crippen LogP contribution in [0.2, 0.25) is 0 Å². The average molecular weight is 285 g/mol. The fourth-order valence-corrected chi connectivity index (χ4v) is 3.35. The number of phenols is 1. The molecule has 3 rings (SSSR count). The van der Waals surface area contributed by atoms with Crippen molar-refractivity contribution in [2.75, 3.05) is 19.0 Å². The van der Waals surface area contributed by atoms with E-state index in [1.54, 1.807) is 6.07 Å². The van der Waals surface area contributed by atoms with E-state index in [2.05, 4.69) is 22.2 Å². The summed E-state index contributed by atoms with van der Waals surface area (Å²) in [4.78, 5) is 6.85. The number of fused-ring (bicyclic) bond motifs is 1. The number of nitrogens with zero attached hydrogens (tertiary/aromatic N) is 2. The van der Waals surface area contributed by atoms with Crippen molar-refractivity contribution in [2.24, 2.45) is 0 Å². The second-order valence-corrected chi connectivity index (χ2v) is 5.95. The first kappa shape index (κ1) is 14.1. The molecule has 0 radical (unpaired) electrons. The van der Waals surface area contributed by atoms with Crippen LogP contribution in [0.4, 0.5) is 5.82 Å². The number of nitrogens with one attached hydrogen (secondary N) is 1. The van der Waals surface area contributed by atoms with E-state index >= 15 is 0 Å². The molecule has 2 N–H and O–H groups in total. The molecule has 0 bridgehead atoms. The number of aromatic hydroxyl groups is 1. The molecule has 4 nitrogen and oxygen atoms in total. The fourth-order valence-electron chi connectivity index (χ4n) is 3.35. The van der Waals surface area contributed by atoms with E-state index in [1.807, 2.05) is 31.4 Å². The number of anilines is 1. The lowest BCUT2D eigenvalue weighted by Gasteiger charge is -2.35. The topological polar surface area (TPSA) is 48.4 Å². The molecule has 0 unspecified atom stereocenters. The third kappa shape index (κ3) is 2.81. The highest BCUT2D eigenvalue weighted by Crippen LogP contribution is 2.31. The van der Waals surface area contributed by atoms with E-state index in [0.717, 1.165) is 16.6 Å². The lowest BCUT2D eigenvalue weighted by atomic mass is 9.90. The molecule has 1 aromatic heterocycles. The largest absolute Gasteiger partial charge is 0.508 e. The lowest BCUT2D eigenvalue weighted by molar-refractivity contribution is 0.351. The van der Waals surface area contributed by atoms with Gasteiger partial charge in [-0.2, -0.15) is 0 Å². The summed E-state index contributed by atoms with van der Waals surface area (Å²) in [5, 5.41) is 15.3. The Balaban J connectivity index is 1.88. The van der Waals surface area contributed by atoms with E-state index in [1.165, 1.54) is 25.7 Å². The van der Waals surface area contributed by atoms with Crippen LogP contribution in [0.25, 0.3) is 10.8 Å². The maximum Gasteiger partial charge on any atom is 0.136 e. The van der Waals surface area contributed by atoms with Crippen molar-refractivity contribution in [2.45, 2.75) is 37.8 Å². The summed E-state index contributed by atoms with van der Waals surface area (Å²) in [5.74, 6) is 1.26. The Morgan fingerprint density at radius 3 is 2.67 bits per heavy atom. The van der Waals surface area contributed by atoms with E-state index in [9.17, 15) is 5.11 Å². The zero-order chi connectivity index (χ0) is 14.8. The molecular formula is C17H23N3O. The Kier molecular flexibility index (Phi) is 3.97. The van der Waals surface area contributed by atoms with Crippen molar-refractivity contribution in [1.29, 1.82) is 0 Å². The van der Waals surface area contributed by atoms with Gasteiger partial charge in [0.2, 0.25) is 0 Å². The Morgan fingerprint density at radius 1 is 1.19 bits per heavy atom. The Labute approximate surface area is 125 Å². The molecule has 0 atom stereocenters. The van der Waals surface area contributed by atoms with E-state index in [-0.39, 0.29) is 0 Å². The normalized spacial score (nSPS) is 22.4. The minimum absolute atomic E-state index is 0.295. The molecule has 2 aromatic rings. The van der Waals surface area contributed by atoms with Gasteiger partial charge in [-0.05, 0) is 56.3 Å². The minimum Gasteiger partial charge on any atom is -0.508 e. The van der Waals surface area contributed by atoms with Crippen molar-refractivity contribution in [3.8, 4) is 5.75 Å². The number of hydrogen-bond donors (Lipinski definition) is 2.